The first-order chi connectivity index (χ1) is 9.94. The van der Waals surface area contributed by atoms with Crippen LogP contribution in [-0.4, -0.2) is 38.7 Å². The third-order valence-corrected chi connectivity index (χ3v) is 3.30. The molecule has 0 spiro atoms. The van der Waals surface area contributed by atoms with Gasteiger partial charge in [-0.15, -0.1) is 0 Å². The zero-order valence-corrected chi connectivity index (χ0v) is 11.6. The number of rotatable bonds is 5. The van der Waals surface area contributed by atoms with Crippen LogP contribution in [0.1, 0.15) is 12.8 Å². The first-order valence-corrected chi connectivity index (χ1v) is 6.82. The van der Waals surface area contributed by atoms with Crippen molar-refractivity contribution in [2.24, 2.45) is 5.73 Å². The molecule has 1 heterocycles. The van der Waals surface area contributed by atoms with E-state index in [9.17, 15) is 13.2 Å². The van der Waals surface area contributed by atoms with Crippen molar-refractivity contribution in [3.05, 3.63) is 24.3 Å². The predicted octanol–water partition coefficient (Wildman–Crippen LogP) is 2.53. The average molecular weight is 304 g/mol. The molecule has 2 rings (SSSR count). The molecule has 0 unspecified atom stereocenters. The first-order valence-electron chi connectivity index (χ1n) is 6.82. The van der Waals surface area contributed by atoms with E-state index in [0.717, 1.165) is 31.6 Å². The van der Waals surface area contributed by atoms with Gasteiger partial charge in [0, 0.05) is 30.9 Å². The van der Waals surface area contributed by atoms with E-state index in [1.165, 1.54) is 0 Å². The molecule has 1 aromatic rings. The average Bonchev–Trinajstić information content (AvgIpc) is 2.44. The number of hydrogen-bond acceptors (Lipinski definition) is 4. The number of halogens is 3. The summed E-state index contributed by atoms with van der Waals surface area (Å²) in [6, 6.07) is 7.49. The molecule has 0 atom stereocenters. The number of anilines is 1. The highest BCUT2D eigenvalue weighted by atomic mass is 19.4. The molecular weight excluding hydrogens is 285 g/mol. The lowest BCUT2D eigenvalue weighted by Crippen LogP contribution is -2.39. The Morgan fingerprint density at radius 2 is 1.95 bits per heavy atom. The molecule has 0 radical (unpaired) electrons. The summed E-state index contributed by atoms with van der Waals surface area (Å²) in [5.41, 5.74) is 6.84. The maximum Gasteiger partial charge on any atom is 0.411 e. The van der Waals surface area contributed by atoms with E-state index in [1.54, 1.807) is 12.1 Å². The van der Waals surface area contributed by atoms with Gasteiger partial charge in [0.1, 0.15) is 12.4 Å². The van der Waals surface area contributed by atoms with Crippen LogP contribution in [0.2, 0.25) is 0 Å². The molecule has 118 valence electrons. The van der Waals surface area contributed by atoms with Gasteiger partial charge in [-0.05, 0) is 25.0 Å². The number of benzene rings is 1. The number of ether oxygens (including phenoxy) is 2. The molecule has 1 aromatic carbocycles. The quantitative estimate of drug-likeness (QED) is 0.671. The first kappa shape index (κ1) is 15.9. The van der Waals surface area contributed by atoms with Crippen LogP contribution in [0.5, 0.6) is 5.75 Å². The van der Waals surface area contributed by atoms with E-state index < -0.39 is 19.6 Å². The highest BCUT2D eigenvalue weighted by Crippen LogP contribution is 2.24. The van der Waals surface area contributed by atoms with Crippen molar-refractivity contribution in [3.63, 3.8) is 0 Å². The van der Waals surface area contributed by atoms with Crippen molar-refractivity contribution in [3.8, 4) is 5.75 Å². The molecule has 1 aliphatic rings. The molecule has 0 saturated carbocycles. The van der Waals surface area contributed by atoms with Crippen LogP contribution in [0.25, 0.3) is 0 Å². The second-order valence-electron chi connectivity index (χ2n) is 5.05. The van der Waals surface area contributed by atoms with Gasteiger partial charge < -0.3 is 20.1 Å². The Kier molecular flexibility index (Phi) is 5.30. The van der Waals surface area contributed by atoms with E-state index in [4.69, 9.17) is 10.5 Å². The van der Waals surface area contributed by atoms with Crippen LogP contribution < -0.4 is 15.4 Å². The third-order valence-electron chi connectivity index (χ3n) is 3.30. The number of nitrogens with two attached hydrogens (primary N) is 1. The Bertz CT molecular complexity index is 446. The van der Waals surface area contributed by atoms with Crippen molar-refractivity contribution in [1.82, 2.24) is 0 Å². The standard InChI is InChI=1S/C14H19F3N2O2/c15-14(16,17)9-20-10-21-13-3-1-2-12(8-13)19-6-4-11(18)5-7-19/h1-3,8,11H,4-7,9-10,18H2. The second-order valence-corrected chi connectivity index (χ2v) is 5.05. The van der Waals surface area contributed by atoms with Crippen molar-refractivity contribution in [2.45, 2.75) is 25.1 Å². The van der Waals surface area contributed by atoms with E-state index in [2.05, 4.69) is 9.64 Å². The molecule has 1 aliphatic heterocycles. The summed E-state index contributed by atoms with van der Waals surface area (Å²) in [7, 11) is 0. The van der Waals surface area contributed by atoms with Gasteiger partial charge in [-0.3, -0.25) is 0 Å². The lowest BCUT2D eigenvalue weighted by Gasteiger charge is -2.32. The Morgan fingerprint density at radius 1 is 1.24 bits per heavy atom. The van der Waals surface area contributed by atoms with Crippen molar-refractivity contribution >= 4 is 5.69 Å². The van der Waals surface area contributed by atoms with Crippen LogP contribution in [0.3, 0.4) is 0 Å². The maximum absolute atomic E-state index is 11.9. The largest absolute Gasteiger partial charge is 0.467 e. The zero-order chi connectivity index (χ0) is 15.3. The van der Waals surface area contributed by atoms with Crippen LogP contribution >= 0.6 is 0 Å². The van der Waals surface area contributed by atoms with Gasteiger partial charge in [0.05, 0.1) is 0 Å². The van der Waals surface area contributed by atoms with Gasteiger partial charge in [0.2, 0.25) is 0 Å². The van der Waals surface area contributed by atoms with Crippen molar-refractivity contribution in [2.75, 3.05) is 31.4 Å². The molecule has 7 heteroatoms. The molecule has 4 nitrogen and oxygen atoms in total. The highest BCUT2D eigenvalue weighted by molar-refractivity contribution is 5.51. The van der Waals surface area contributed by atoms with Crippen LogP contribution in [0, 0.1) is 0 Å². The summed E-state index contributed by atoms with van der Waals surface area (Å²) in [4.78, 5) is 2.19. The topological polar surface area (TPSA) is 47.7 Å². The van der Waals surface area contributed by atoms with Gasteiger partial charge >= 0.3 is 6.18 Å². The molecule has 21 heavy (non-hydrogen) atoms. The Morgan fingerprint density at radius 3 is 2.62 bits per heavy atom. The zero-order valence-electron chi connectivity index (χ0n) is 11.6. The fourth-order valence-electron chi connectivity index (χ4n) is 2.19. The summed E-state index contributed by atoms with van der Waals surface area (Å²) in [5.74, 6) is 0.490. The lowest BCUT2D eigenvalue weighted by atomic mass is 10.1. The number of alkyl halides is 3. The third kappa shape index (κ3) is 5.43. The van der Waals surface area contributed by atoms with Crippen LogP contribution in [0.15, 0.2) is 24.3 Å². The van der Waals surface area contributed by atoms with E-state index in [1.807, 2.05) is 12.1 Å². The molecule has 1 fully saturated rings. The SMILES string of the molecule is NC1CCN(c2cccc(OCOCC(F)(F)F)c2)CC1. The van der Waals surface area contributed by atoms with Gasteiger partial charge in [-0.1, -0.05) is 6.07 Å². The van der Waals surface area contributed by atoms with Crippen LogP contribution in [0.4, 0.5) is 18.9 Å². The van der Waals surface area contributed by atoms with Gasteiger partial charge in [0.15, 0.2) is 6.79 Å². The minimum absolute atomic E-state index is 0.247. The number of nitrogens with zero attached hydrogens (tertiary/aromatic N) is 1. The molecule has 0 bridgehead atoms. The minimum Gasteiger partial charge on any atom is -0.467 e. The maximum atomic E-state index is 11.9. The summed E-state index contributed by atoms with van der Waals surface area (Å²) >= 11 is 0. The number of piperidine rings is 1. The van der Waals surface area contributed by atoms with Crippen molar-refractivity contribution < 1.29 is 22.6 Å². The van der Waals surface area contributed by atoms with Crippen molar-refractivity contribution in [1.29, 1.82) is 0 Å². The molecule has 0 aromatic heterocycles. The summed E-state index contributed by atoms with van der Waals surface area (Å²) in [6.45, 7) is 0.00886. The molecule has 0 amide bonds. The molecule has 2 N–H and O–H groups in total. The summed E-state index contributed by atoms with van der Waals surface area (Å²) < 4.78 is 45.4. The number of hydrogen-bond donors (Lipinski definition) is 1. The molecular formula is C14H19F3N2O2. The summed E-state index contributed by atoms with van der Waals surface area (Å²) in [6.07, 6.45) is -2.47. The van der Waals surface area contributed by atoms with E-state index in [0.29, 0.717) is 5.75 Å². The second kappa shape index (κ2) is 7.00. The van der Waals surface area contributed by atoms with Gasteiger partial charge in [-0.2, -0.15) is 13.2 Å². The smallest absolute Gasteiger partial charge is 0.411 e. The van der Waals surface area contributed by atoms with E-state index in [-0.39, 0.29) is 6.04 Å². The van der Waals surface area contributed by atoms with Crippen LogP contribution in [-0.2, 0) is 4.74 Å². The Balaban J connectivity index is 1.83. The van der Waals surface area contributed by atoms with E-state index >= 15 is 0 Å². The highest BCUT2D eigenvalue weighted by Gasteiger charge is 2.27. The fraction of sp³-hybridized carbons (Fsp3) is 0.571. The molecule has 0 aliphatic carbocycles. The van der Waals surface area contributed by atoms with Gasteiger partial charge in [0.25, 0.3) is 0 Å². The normalized spacial score (nSPS) is 17.0. The van der Waals surface area contributed by atoms with Gasteiger partial charge in [-0.25, -0.2) is 0 Å². The predicted molar refractivity (Wildman–Crippen MR) is 73.4 cm³/mol. The Labute approximate surface area is 121 Å². The monoisotopic (exact) mass is 304 g/mol. The Hall–Kier alpha value is -1.47. The molecule has 1 saturated heterocycles. The summed E-state index contributed by atoms with van der Waals surface area (Å²) in [5, 5.41) is 0. The fourth-order valence-corrected chi connectivity index (χ4v) is 2.19. The lowest BCUT2D eigenvalue weighted by molar-refractivity contribution is -0.186. The minimum atomic E-state index is -4.34.